The standard InChI is InChI=1S/C9H18N2O2/c1-3-8(9(10)12)11-4-5-13-7(2)6-11/h7-8H,3-6H2,1-2H3,(H2,10,12). The maximum atomic E-state index is 11.1. The van der Waals surface area contributed by atoms with E-state index < -0.39 is 0 Å². The molecule has 0 aromatic rings. The molecular weight excluding hydrogens is 168 g/mol. The number of carbonyl (C=O) groups excluding carboxylic acids is 1. The van der Waals surface area contributed by atoms with Crippen molar-refractivity contribution in [2.75, 3.05) is 19.7 Å². The lowest BCUT2D eigenvalue weighted by Gasteiger charge is -2.35. The molecule has 1 amide bonds. The van der Waals surface area contributed by atoms with Crippen molar-refractivity contribution in [3.63, 3.8) is 0 Å². The van der Waals surface area contributed by atoms with Crippen LogP contribution >= 0.6 is 0 Å². The number of hydrogen-bond donors (Lipinski definition) is 1. The first-order valence-electron chi connectivity index (χ1n) is 4.80. The second-order valence-electron chi connectivity index (χ2n) is 3.50. The highest BCUT2D eigenvalue weighted by Crippen LogP contribution is 2.10. The van der Waals surface area contributed by atoms with Crippen molar-refractivity contribution in [3.8, 4) is 0 Å². The van der Waals surface area contributed by atoms with Crippen molar-refractivity contribution in [2.45, 2.75) is 32.4 Å². The molecule has 0 spiro atoms. The van der Waals surface area contributed by atoms with Gasteiger partial charge in [0.2, 0.25) is 5.91 Å². The van der Waals surface area contributed by atoms with Crippen molar-refractivity contribution < 1.29 is 9.53 Å². The number of rotatable bonds is 3. The monoisotopic (exact) mass is 186 g/mol. The fourth-order valence-corrected chi connectivity index (χ4v) is 1.77. The van der Waals surface area contributed by atoms with Crippen molar-refractivity contribution in [3.05, 3.63) is 0 Å². The zero-order chi connectivity index (χ0) is 9.84. The molecule has 2 N–H and O–H groups in total. The Morgan fingerprint density at radius 3 is 2.92 bits per heavy atom. The Morgan fingerprint density at radius 1 is 1.77 bits per heavy atom. The molecule has 13 heavy (non-hydrogen) atoms. The molecule has 0 radical (unpaired) electrons. The van der Waals surface area contributed by atoms with Crippen molar-refractivity contribution in [1.29, 1.82) is 0 Å². The van der Waals surface area contributed by atoms with Gasteiger partial charge in [-0.15, -0.1) is 0 Å². The van der Waals surface area contributed by atoms with Crippen molar-refractivity contribution in [1.82, 2.24) is 4.90 Å². The van der Waals surface area contributed by atoms with E-state index in [0.717, 1.165) is 19.5 Å². The van der Waals surface area contributed by atoms with Gasteiger partial charge in [-0.1, -0.05) is 6.92 Å². The molecule has 4 heteroatoms. The number of morpholine rings is 1. The Hall–Kier alpha value is -0.610. The number of nitrogens with zero attached hydrogens (tertiary/aromatic N) is 1. The maximum Gasteiger partial charge on any atom is 0.234 e. The summed E-state index contributed by atoms with van der Waals surface area (Å²) in [5, 5.41) is 0. The van der Waals surface area contributed by atoms with E-state index in [2.05, 4.69) is 4.90 Å². The van der Waals surface area contributed by atoms with Gasteiger partial charge in [-0.25, -0.2) is 0 Å². The SMILES string of the molecule is CCC(C(N)=O)N1CCOC(C)C1. The fraction of sp³-hybridized carbons (Fsp3) is 0.889. The zero-order valence-electron chi connectivity index (χ0n) is 8.32. The number of nitrogens with two attached hydrogens (primary N) is 1. The summed E-state index contributed by atoms with van der Waals surface area (Å²) in [6, 6.07) is -0.119. The van der Waals surface area contributed by atoms with E-state index in [4.69, 9.17) is 10.5 Å². The summed E-state index contributed by atoms with van der Waals surface area (Å²) in [6.07, 6.45) is 0.990. The fourth-order valence-electron chi connectivity index (χ4n) is 1.77. The third-order valence-corrected chi connectivity index (χ3v) is 2.43. The predicted octanol–water partition coefficient (Wildman–Crippen LogP) is -0.0290. The molecule has 1 heterocycles. The molecule has 1 aliphatic heterocycles. The molecule has 1 fully saturated rings. The lowest BCUT2D eigenvalue weighted by molar-refractivity contribution is -0.126. The molecule has 2 atom stereocenters. The van der Waals surface area contributed by atoms with E-state index in [1.807, 2.05) is 13.8 Å². The Kier molecular flexibility index (Phi) is 3.69. The Morgan fingerprint density at radius 2 is 2.46 bits per heavy atom. The summed E-state index contributed by atoms with van der Waals surface area (Å²) < 4.78 is 5.39. The minimum Gasteiger partial charge on any atom is -0.376 e. The van der Waals surface area contributed by atoms with Crippen molar-refractivity contribution in [2.24, 2.45) is 5.73 Å². The molecule has 0 saturated carbocycles. The lowest BCUT2D eigenvalue weighted by atomic mass is 10.1. The first-order valence-corrected chi connectivity index (χ1v) is 4.80. The van der Waals surface area contributed by atoms with E-state index in [9.17, 15) is 4.79 Å². The summed E-state index contributed by atoms with van der Waals surface area (Å²) in [6.45, 7) is 6.31. The molecule has 76 valence electrons. The summed E-state index contributed by atoms with van der Waals surface area (Å²) >= 11 is 0. The topological polar surface area (TPSA) is 55.6 Å². The zero-order valence-corrected chi connectivity index (χ0v) is 8.32. The molecular formula is C9H18N2O2. The van der Waals surface area contributed by atoms with Crippen LogP contribution in [0.1, 0.15) is 20.3 Å². The molecule has 2 unspecified atom stereocenters. The van der Waals surface area contributed by atoms with E-state index in [-0.39, 0.29) is 18.1 Å². The largest absolute Gasteiger partial charge is 0.376 e. The van der Waals surface area contributed by atoms with Crippen LogP contribution in [0.3, 0.4) is 0 Å². The second kappa shape index (κ2) is 4.58. The summed E-state index contributed by atoms with van der Waals surface area (Å²) in [4.78, 5) is 13.2. The van der Waals surface area contributed by atoms with Crippen LogP contribution in [0.2, 0.25) is 0 Å². The van der Waals surface area contributed by atoms with Gasteiger partial charge >= 0.3 is 0 Å². The highest BCUT2D eigenvalue weighted by Gasteiger charge is 2.26. The van der Waals surface area contributed by atoms with E-state index in [1.165, 1.54) is 0 Å². The highest BCUT2D eigenvalue weighted by molar-refractivity contribution is 5.79. The molecule has 1 aliphatic rings. The van der Waals surface area contributed by atoms with Gasteiger partial charge in [-0.05, 0) is 13.3 Å². The molecule has 4 nitrogen and oxygen atoms in total. The quantitative estimate of drug-likeness (QED) is 0.673. The smallest absolute Gasteiger partial charge is 0.234 e. The highest BCUT2D eigenvalue weighted by atomic mass is 16.5. The lowest BCUT2D eigenvalue weighted by Crippen LogP contribution is -2.51. The minimum absolute atomic E-state index is 0.119. The maximum absolute atomic E-state index is 11.1. The van der Waals surface area contributed by atoms with Crippen LogP contribution in [0.4, 0.5) is 0 Å². The van der Waals surface area contributed by atoms with Gasteiger partial charge in [0.1, 0.15) is 0 Å². The minimum atomic E-state index is -0.225. The number of primary amides is 1. The number of ether oxygens (including phenoxy) is 1. The molecule has 0 bridgehead atoms. The Balaban J connectivity index is 2.52. The van der Waals surface area contributed by atoms with E-state index >= 15 is 0 Å². The average Bonchev–Trinajstić information content (AvgIpc) is 2.04. The van der Waals surface area contributed by atoms with Crippen molar-refractivity contribution >= 4 is 5.91 Å². The number of hydrogen-bond acceptors (Lipinski definition) is 3. The van der Waals surface area contributed by atoms with Gasteiger partial charge in [-0.3, -0.25) is 9.69 Å². The van der Waals surface area contributed by atoms with Crippen LogP contribution < -0.4 is 5.73 Å². The molecule has 1 saturated heterocycles. The summed E-state index contributed by atoms with van der Waals surface area (Å²) in [7, 11) is 0. The van der Waals surface area contributed by atoms with Crippen LogP contribution in [0.5, 0.6) is 0 Å². The van der Waals surface area contributed by atoms with Gasteiger partial charge in [0.05, 0.1) is 18.8 Å². The summed E-state index contributed by atoms with van der Waals surface area (Å²) in [5.74, 6) is -0.225. The van der Waals surface area contributed by atoms with Gasteiger partial charge < -0.3 is 10.5 Å². The second-order valence-corrected chi connectivity index (χ2v) is 3.50. The number of carbonyl (C=O) groups is 1. The Labute approximate surface area is 79.0 Å². The van der Waals surface area contributed by atoms with Crippen LogP contribution in [-0.4, -0.2) is 42.6 Å². The first-order chi connectivity index (χ1) is 6.15. The summed E-state index contributed by atoms with van der Waals surface area (Å²) in [5.41, 5.74) is 5.30. The average molecular weight is 186 g/mol. The van der Waals surface area contributed by atoms with Crippen LogP contribution in [-0.2, 0) is 9.53 Å². The van der Waals surface area contributed by atoms with E-state index in [1.54, 1.807) is 0 Å². The molecule has 0 aromatic carbocycles. The van der Waals surface area contributed by atoms with Gasteiger partial charge in [0.25, 0.3) is 0 Å². The number of amides is 1. The van der Waals surface area contributed by atoms with Crippen LogP contribution in [0, 0.1) is 0 Å². The third-order valence-electron chi connectivity index (χ3n) is 2.43. The van der Waals surface area contributed by atoms with E-state index in [0.29, 0.717) is 6.61 Å². The van der Waals surface area contributed by atoms with Gasteiger partial charge in [-0.2, -0.15) is 0 Å². The molecule has 0 aliphatic carbocycles. The van der Waals surface area contributed by atoms with Crippen LogP contribution in [0.25, 0.3) is 0 Å². The Bertz CT molecular complexity index is 184. The van der Waals surface area contributed by atoms with Gasteiger partial charge in [0.15, 0.2) is 0 Å². The first kappa shape index (κ1) is 10.5. The normalized spacial score (nSPS) is 27.1. The molecule has 0 aromatic heterocycles. The molecule has 1 rings (SSSR count). The van der Waals surface area contributed by atoms with Crippen LogP contribution in [0.15, 0.2) is 0 Å². The van der Waals surface area contributed by atoms with Gasteiger partial charge in [0, 0.05) is 13.1 Å². The predicted molar refractivity (Wildman–Crippen MR) is 50.3 cm³/mol. The third kappa shape index (κ3) is 2.67.